The van der Waals surface area contributed by atoms with Crippen molar-refractivity contribution < 1.29 is 19.1 Å². The molecule has 2 aliphatic rings. The summed E-state index contributed by atoms with van der Waals surface area (Å²) in [5.41, 5.74) is 3.19. The standard InChI is InChI=1S/C25H20N4O4/c30-23(26-17-6-2-1-3-7-17)13-20-24(31)28(14-16-10-11-21-22(12-16)33-15-32-21)25-27-18-8-4-5-9-19(18)29(20)25/h1-12,20H,13-15H2,(H,26,30)/t20-/m0/s1. The van der Waals surface area contributed by atoms with E-state index in [0.717, 1.165) is 16.6 Å². The second-order valence-electron chi connectivity index (χ2n) is 8.02. The van der Waals surface area contributed by atoms with Crippen LogP contribution in [0.3, 0.4) is 0 Å². The average molecular weight is 440 g/mol. The second kappa shape index (κ2) is 7.67. The Labute approximate surface area is 189 Å². The summed E-state index contributed by atoms with van der Waals surface area (Å²) in [6.07, 6.45) is 0.0126. The highest BCUT2D eigenvalue weighted by atomic mass is 16.7. The van der Waals surface area contributed by atoms with E-state index in [2.05, 4.69) is 5.32 Å². The van der Waals surface area contributed by atoms with Gasteiger partial charge in [-0.2, -0.15) is 0 Å². The Morgan fingerprint density at radius 1 is 1.00 bits per heavy atom. The van der Waals surface area contributed by atoms with E-state index in [1.807, 2.05) is 77.4 Å². The minimum Gasteiger partial charge on any atom is -0.454 e. The molecule has 1 N–H and O–H groups in total. The third-order valence-electron chi connectivity index (χ3n) is 5.90. The highest BCUT2D eigenvalue weighted by molar-refractivity contribution is 6.05. The van der Waals surface area contributed by atoms with Crippen LogP contribution < -0.4 is 19.7 Å². The molecule has 0 fully saturated rings. The van der Waals surface area contributed by atoms with Crippen LogP contribution in [0.2, 0.25) is 0 Å². The third kappa shape index (κ3) is 3.36. The predicted molar refractivity (Wildman–Crippen MR) is 122 cm³/mol. The summed E-state index contributed by atoms with van der Waals surface area (Å²) in [5, 5.41) is 2.88. The maximum Gasteiger partial charge on any atom is 0.253 e. The van der Waals surface area contributed by atoms with E-state index in [4.69, 9.17) is 14.5 Å². The van der Waals surface area contributed by atoms with Gasteiger partial charge in [-0.25, -0.2) is 4.98 Å². The Morgan fingerprint density at radius 2 is 1.79 bits per heavy atom. The average Bonchev–Trinajstić information content (AvgIpc) is 3.50. The van der Waals surface area contributed by atoms with E-state index in [9.17, 15) is 9.59 Å². The van der Waals surface area contributed by atoms with Gasteiger partial charge in [-0.1, -0.05) is 36.4 Å². The van der Waals surface area contributed by atoms with Gasteiger partial charge in [-0.05, 0) is 42.0 Å². The number of amides is 2. The number of nitrogens with one attached hydrogen (secondary N) is 1. The molecule has 3 aromatic carbocycles. The van der Waals surface area contributed by atoms with Crippen LogP contribution in [-0.2, 0) is 16.1 Å². The minimum atomic E-state index is -0.676. The number of fused-ring (bicyclic) bond motifs is 4. The van der Waals surface area contributed by atoms with Crippen molar-refractivity contribution in [2.45, 2.75) is 19.0 Å². The van der Waals surface area contributed by atoms with Gasteiger partial charge < -0.3 is 14.8 Å². The van der Waals surface area contributed by atoms with Crippen LogP contribution in [0.15, 0.2) is 72.8 Å². The number of ether oxygens (including phenoxy) is 2. The molecule has 0 spiro atoms. The fourth-order valence-corrected chi connectivity index (χ4v) is 4.38. The Bertz CT molecular complexity index is 1380. The summed E-state index contributed by atoms with van der Waals surface area (Å²) in [4.78, 5) is 32.7. The van der Waals surface area contributed by atoms with Crippen molar-refractivity contribution in [3.8, 4) is 11.5 Å². The van der Waals surface area contributed by atoms with E-state index < -0.39 is 6.04 Å². The van der Waals surface area contributed by atoms with Crippen molar-refractivity contribution >= 4 is 34.5 Å². The molecule has 2 aliphatic heterocycles. The molecular weight excluding hydrogens is 420 g/mol. The van der Waals surface area contributed by atoms with E-state index in [1.54, 1.807) is 4.90 Å². The maximum atomic E-state index is 13.5. The van der Waals surface area contributed by atoms with Crippen LogP contribution in [0.1, 0.15) is 18.0 Å². The van der Waals surface area contributed by atoms with Crippen molar-refractivity contribution in [2.24, 2.45) is 0 Å². The van der Waals surface area contributed by atoms with Gasteiger partial charge >= 0.3 is 0 Å². The molecule has 3 heterocycles. The number of para-hydroxylation sites is 3. The summed E-state index contributed by atoms with van der Waals surface area (Å²) in [6, 6.07) is 21.8. The zero-order valence-electron chi connectivity index (χ0n) is 17.6. The van der Waals surface area contributed by atoms with Crippen molar-refractivity contribution in [3.05, 3.63) is 78.4 Å². The number of carbonyl (C=O) groups is 2. The van der Waals surface area contributed by atoms with Gasteiger partial charge in [-0.3, -0.25) is 19.1 Å². The first-order valence-corrected chi connectivity index (χ1v) is 10.7. The molecule has 0 bridgehead atoms. The highest BCUT2D eigenvalue weighted by Gasteiger charge is 2.41. The maximum absolute atomic E-state index is 13.5. The fraction of sp³-hybridized carbons (Fsp3) is 0.160. The lowest BCUT2D eigenvalue weighted by Crippen LogP contribution is -2.31. The molecule has 0 saturated heterocycles. The van der Waals surface area contributed by atoms with Crippen LogP contribution >= 0.6 is 0 Å². The normalized spacial score (nSPS) is 16.3. The van der Waals surface area contributed by atoms with E-state index in [1.165, 1.54) is 0 Å². The zero-order chi connectivity index (χ0) is 22.4. The Morgan fingerprint density at radius 3 is 2.67 bits per heavy atom. The summed E-state index contributed by atoms with van der Waals surface area (Å²) in [5.74, 6) is 1.49. The van der Waals surface area contributed by atoms with Gasteiger partial charge in [0.2, 0.25) is 18.6 Å². The van der Waals surface area contributed by atoms with E-state index in [-0.39, 0.29) is 25.0 Å². The number of anilines is 2. The van der Waals surface area contributed by atoms with Crippen molar-refractivity contribution in [3.63, 3.8) is 0 Å². The van der Waals surface area contributed by atoms with Crippen LogP contribution in [0.25, 0.3) is 11.0 Å². The molecule has 0 unspecified atom stereocenters. The minimum absolute atomic E-state index is 0.0126. The number of carbonyl (C=O) groups excluding carboxylic acids is 2. The Hall–Kier alpha value is -4.33. The van der Waals surface area contributed by atoms with E-state index >= 15 is 0 Å². The first-order chi connectivity index (χ1) is 16.2. The first kappa shape index (κ1) is 19.4. The summed E-state index contributed by atoms with van der Waals surface area (Å²) in [7, 11) is 0. The quantitative estimate of drug-likeness (QED) is 0.509. The number of hydrogen-bond donors (Lipinski definition) is 1. The number of hydrogen-bond acceptors (Lipinski definition) is 5. The van der Waals surface area contributed by atoms with Gasteiger partial charge in [-0.15, -0.1) is 0 Å². The monoisotopic (exact) mass is 440 g/mol. The molecule has 2 amide bonds. The summed E-state index contributed by atoms with van der Waals surface area (Å²) < 4.78 is 12.7. The van der Waals surface area contributed by atoms with Crippen molar-refractivity contribution in [1.29, 1.82) is 0 Å². The van der Waals surface area contributed by atoms with Gasteiger partial charge in [0, 0.05) is 5.69 Å². The van der Waals surface area contributed by atoms with Gasteiger partial charge in [0.05, 0.1) is 24.0 Å². The summed E-state index contributed by atoms with van der Waals surface area (Å²) >= 11 is 0. The first-order valence-electron chi connectivity index (χ1n) is 10.7. The van der Waals surface area contributed by atoms with Gasteiger partial charge in [0.15, 0.2) is 11.5 Å². The molecule has 0 saturated carbocycles. The topological polar surface area (TPSA) is 85.7 Å². The molecular formula is C25H20N4O4. The molecule has 8 heteroatoms. The predicted octanol–water partition coefficient (Wildman–Crippen LogP) is 3.88. The largest absolute Gasteiger partial charge is 0.454 e. The molecule has 4 aromatic rings. The van der Waals surface area contributed by atoms with Gasteiger partial charge in [0.1, 0.15) is 6.04 Å². The lowest BCUT2D eigenvalue weighted by molar-refractivity contribution is -0.124. The Kier molecular flexibility index (Phi) is 4.50. The lowest BCUT2D eigenvalue weighted by Gasteiger charge is -2.16. The molecule has 164 valence electrons. The molecule has 0 radical (unpaired) electrons. The molecule has 1 atom stereocenters. The smallest absolute Gasteiger partial charge is 0.253 e. The number of benzene rings is 3. The SMILES string of the molecule is O=C(C[C@H]1C(=O)N(Cc2ccc3c(c2)OCO3)c2nc3ccccc3n21)Nc1ccccc1. The molecule has 8 nitrogen and oxygen atoms in total. The van der Waals surface area contributed by atoms with Crippen LogP contribution in [0.4, 0.5) is 11.6 Å². The van der Waals surface area contributed by atoms with Crippen LogP contribution in [0.5, 0.6) is 11.5 Å². The zero-order valence-corrected chi connectivity index (χ0v) is 17.6. The van der Waals surface area contributed by atoms with E-state index in [0.29, 0.717) is 29.7 Å². The van der Waals surface area contributed by atoms with Crippen molar-refractivity contribution in [1.82, 2.24) is 9.55 Å². The molecule has 6 rings (SSSR count). The fourth-order valence-electron chi connectivity index (χ4n) is 4.38. The van der Waals surface area contributed by atoms with Gasteiger partial charge in [0.25, 0.3) is 5.91 Å². The number of aromatic nitrogens is 2. The third-order valence-corrected chi connectivity index (χ3v) is 5.90. The summed E-state index contributed by atoms with van der Waals surface area (Å²) in [6.45, 7) is 0.505. The van der Waals surface area contributed by atoms with Crippen LogP contribution in [0, 0.1) is 0 Å². The molecule has 33 heavy (non-hydrogen) atoms. The van der Waals surface area contributed by atoms with Crippen LogP contribution in [-0.4, -0.2) is 28.2 Å². The molecule has 1 aromatic heterocycles. The highest BCUT2D eigenvalue weighted by Crippen LogP contribution is 2.39. The lowest BCUT2D eigenvalue weighted by atomic mass is 10.1. The number of imidazole rings is 1. The number of nitrogens with zero attached hydrogens (tertiary/aromatic N) is 3. The van der Waals surface area contributed by atoms with Crippen molar-refractivity contribution in [2.75, 3.05) is 17.0 Å². The molecule has 0 aliphatic carbocycles. The Balaban J connectivity index is 1.33. The number of rotatable bonds is 5. The second-order valence-corrected chi connectivity index (χ2v) is 8.02.